The number of halogens is 2. The largest absolute Gasteiger partial charge is 0.508 e. The molecule has 2 aliphatic heterocycles. The molecule has 11 heteroatoms. The molecule has 1 aromatic heterocycles. The average Bonchev–Trinajstić information content (AvgIpc) is 3.67. The molecule has 9 nitrogen and oxygen atoms in total. The second kappa shape index (κ2) is 12.8. The van der Waals surface area contributed by atoms with Gasteiger partial charge in [0.05, 0.1) is 23.3 Å². The summed E-state index contributed by atoms with van der Waals surface area (Å²) in [6.45, 7) is 5.64. The third-order valence-electron chi connectivity index (χ3n) is 9.94. The molecule has 1 amide bonds. The van der Waals surface area contributed by atoms with Crippen LogP contribution in [0.15, 0.2) is 36.9 Å². The van der Waals surface area contributed by atoms with Crippen LogP contribution >= 0.6 is 0 Å². The van der Waals surface area contributed by atoms with E-state index in [0.717, 1.165) is 31.2 Å². The third kappa shape index (κ3) is 5.94. The second-order valence-electron chi connectivity index (χ2n) is 12.7. The zero-order chi connectivity index (χ0) is 32.6. The molecule has 1 aliphatic carbocycles. The van der Waals surface area contributed by atoms with E-state index < -0.39 is 12.0 Å². The van der Waals surface area contributed by atoms with Gasteiger partial charge in [-0.1, -0.05) is 31.4 Å². The van der Waals surface area contributed by atoms with E-state index in [0.29, 0.717) is 67.0 Å². The number of ether oxygens (including phenoxy) is 1. The first-order valence-electron chi connectivity index (χ1n) is 15.8. The quantitative estimate of drug-likeness (QED) is 0.257. The molecule has 3 aliphatic rings. The van der Waals surface area contributed by atoms with Gasteiger partial charge in [0.2, 0.25) is 5.91 Å². The molecule has 0 bridgehead atoms. The minimum Gasteiger partial charge on any atom is -0.508 e. The van der Waals surface area contributed by atoms with Crippen LogP contribution in [0.5, 0.6) is 11.8 Å². The number of rotatable bonds is 9. The van der Waals surface area contributed by atoms with Crippen molar-refractivity contribution in [1.29, 1.82) is 0 Å². The normalized spacial score (nSPS) is 20.7. The van der Waals surface area contributed by atoms with E-state index >= 15 is 0 Å². The molecule has 2 aromatic carbocycles. The molecule has 1 saturated heterocycles. The fourth-order valence-electron chi connectivity index (χ4n) is 7.28. The zero-order valence-corrected chi connectivity index (χ0v) is 26.4. The lowest BCUT2D eigenvalue weighted by molar-refractivity contribution is -0.129. The highest BCUT2D eigenvalue weighted by atomic mass is 19.1. The van der Waals surface area contributed by atoms with Crippen LogP contribution in [0.1, 0.15) is 48.9 Å². The summed E-state index contributed by atoms with van der Waals surface area (Å²) in [5.41, 5.74) is 2.00. The predicted molar refractivity (Wildman–Crippen MR) is 174 cm³/mol. The molecule has 2 atom stereocenters. The van der Waals surface area contributed by atoms with Gasteiger partial charge in [-0.2, -0.15) is 9.97 Å². The fourth-order valence-corrected chi connectivity index (χ4v) is 7.28. The van der Waals surface area contributed by atoms with Crippen molar-refractivity contribution in [2.75, 3.05) is 50.6 Å². The minimum absolute atomic E-state index is 0.0452. The van der Waals surface area contributed by atoms with E-state index in [-0.39, 0.29) is 41.4 Å². The van der Waals surface area contributed by atoms with Crippen LogP contribution in [0, 0.1) is 18.2 Å². The van der Waals surface area contributed by atoms with Gasteiger partial charge >= 0.3 is 6.01 Å². The van der Waals surface area contributed by atoms with E-state index in [1.54, 1.807) is 23.1 Å². The molecule has 46 heavy (non-hydrogen) atoms. The maximum absolute atomic E-state index is 14.8. The highest BCUT2D eigenvalue weighted by molar-refractivity contribution is 6.00. The number of anilines is 2. The van der Waals surface area contributed by atoms with Gasteiger partial charge in [-0.15, -0.1) is 6.42 Å². The number of aromatic nitrogens is 2. The van der Waals surface area contributed by atoms with Crippen molar-refractivity contribution >= 4 is 28.2 Å². The van der Waals surface area contributed by atoms with Gasteiger partial charge in [0.25, 0.3) is 0 Å². The number of fused-ring (bicyclic) bond motifs is 2. The summed E-state index contributed by atoms with van der Waals surface area (Å²) in [6, 6.07) is 6.17. The molecule has 6 rings (SSSR count). The van der Waals surface area contributed by atoms with E-state index in [2.05, 4.69) is 17.8 Å². The Balaban J connectivity index is 1.35. The van der Waals surface area contributed by atoms with Gasteiger partial charge in [-0.3, -0.25) is 9.69 Å². The van der Waals surface area contributed by atoms with Crippen molar-refractivity contribution in [1.82, 2.24) is 19.8 Å². The summed E-state index contributed by atoms with van der Waals surface area (Å²) >= 11 is 0. The van der Waals surface area contributed by atoms with Gasteiger partial charge in [-0.05, 0) is 56.3 Å². The van der Waals surface area contributed by atoms with Gasteiger partial charge in [0, 0.05) is 55.4 Å². The number of amides is 1. The Hall–Kier alpha value is -4.43. The Labute approximate surface area is 268 Å². The van der Waals surface area contributed by atoms with E-state index in [9.17, 15) is 18.7 Å². The lowest BCUT2D eigenvalue weighted by Crippen LogP contribution is -2.51. The molecule has 0 radical (unpaired) electrons. The van der Waals surface area contributed by atoms with Crippen LogP contribution in [-0.4, -0.2) is 88.9 Å². The third-order valence-corrected chi connectivity index (χ3v) is 9.94. The maximum Gasteiger partial charge on any atom is 0.318 e. The van der Waals surface area contributed by atoms with Crippen LogP contribution in [0.25, 0.3) is 10.8 Å². The summed E-state index contributed by atoms with van der Waals surface area (Å²) in [5.74, 6) is 2.54. The molecule has 2 fully saturated rings. The highest BCUT2D eigenvalue weighted by Crippen LogP contribution is 2.39. The van der Waals surface area contributed by atoms with Crippen molar-refractivity contribution in [3.05, 3.63) is 59.6 Å². The van der Waals surface area contributed by atoms with E-state index in [1.807, 2.05) is 23.9 Å². The standard InChI is InChI=1S/C35H40F2N6O3/c1-5-26-28(37)10-9-22-15-25(44)17-30(32(22)26)43-14-11-27-29(19-43)39-34(46-20-24-16-23(36)18-41(24)3)40-33(27)38-21-35(12-7-8-13-35)42(4)31(45)6-2/h1,6,9-10,15,17,23-24,44H,2,7-8,11-14,16,18-21H2,3-4H3,(H,38,39,40)/t23-,24+/m1/s1. The molecular weight excluding hydrogens is 590 g/mol. The number of hydrogen-bond acceptors (Lipinski definition) is 8. The molecule has 0 unspecified atom stereocenters. The smallest absolute Gasteiger partial charge is 0.318 e. The van der Waals surface area contributed by atoms with E-state index in [4.69, 9.17) is 21.1 Å². The number of terminal acetylenes is 1. The Morgan fingerprint density at radius 3 is 2.80 bits per heavy atom. The van der Waals surface area contributed by atoms with Crippen LogP contribution in [-0.2, 0) is 17.8 Å². The lowest BCUT2D eigenvalue weighted by atomic mass is 9.94. The van der Waals surface area contributed by atoms with Crippen LogP contribution in [0.4, 0.5) is 20.3 Å². The number of nitrogens with zero attached hydrogens (tertiary/aromatic N) is 5. The SMILES string of the molecule is C#Cc1c(F)ccc2cc(O)cc(N3CCc4c(nc(OC[C@@H]5C[C@@H](F)CN5C)nc4NCC4(N(C)C(=O)C=C)CCCC4)C3)c12. The van der Waals surface area contributed by atoms with Crippen LogP contribution < -0.4 is 15.0 Å². The Morgan fingerprint density at radius 1 is 1.33 bits per heavy atom. The zero-order valence-electron chi connectivity index (χ0n) is 26.4. The number of aromatic hydroxyl groups is 1. The number of carbonyl (C=O) groups is 1. The topological polar surface area (TPSA) is 94.1 Å². The van der Waals surface area contributed by atoms with Gasteiger partial charge in [0.15, 0.2) is 0 Å². The molecule has 3 heterocycles. The number of benzene rings is 2. The van der Waals surface area contributed by atoms with Gasteiger partial charge < -0.3 is 25.0 Å². The molecule has 0 spiro atoms. The van der Waals surface area contributed by atoms with Gasteiger partial charge in [0.1, 0.15) is 30.2 Å². The molecular formula is C35H40F2N6O3. The molecule has 2 N–H and O–H groups in total. The fraction of sp³-hybridized carbons (Fsp3) is 0.457. The average molecular weight is 631 g/mol. The number of likely N-dealkylation sites (N-methyl/N-ethyl adjacent to an activating group) is 2. The molecule has 3 aromatic rings. The highest BCUT2D eigenvalue weighted by Gasteiger charge is 2.40. The van der Waals surface area contributed by atoms with Crippen LogP contribution in [0.2, 0.25) is 0 Å². The number of nitrogens with one attached hydrogen (secondary N) is 1. The molecule has 242 valence electrons. The first-order valence-corrected chi connectivity index (χ1v) is 15.8. The Bertz CT molecular complexity index is 1700. The lowest BCUT2D eigenvalue weighted by Gasteiger charge is -2.39. The number of phenols is 1. The minimum atomic E-state index is -0.901. The first-order chi connectivity index (χ1) is 22.1. The number of likely N-dealkylation sites (tertiary alicyclic amines) is 1. The first kappa shape index (κ1) is 31.5. The van der Waals surface area contributed by atoms with Crippen molar-refractivity contribution in [3.8, 4) is 24.1 Å². The summed E-state index contributed by atoms with van der Waals surface area (Å²) in [5, 5.41) is 15.3. The van der Waals surface area contributed by atoms with Crippen molar-refractivity contribution < 1.29 is 23.4 Å². The maximum atomic E-state index is 14.8. The molecule has 1 saturated carbocycles. The Kier molecular flexibility index (Phi) is 8.75. The monoisotopic (exact) mass is 630 g/mol. The number of carbonyl (C=O) groups excluding carboxylic acids is 1. The summed E-state index contributed by atoms with van der Waals surface area (Å²) in [7, 11) is 3.70. The summed E-state index contributed by atoms with van der Waals surface area (Å²) < 4.78 is 35.0. The summed E-state index contributed by atoms with van der Waals surface area (Å²) in [6.07, 6.45) is 10.9. The van der Waals surface area contributed by atoms with Gasteiger partial charge in [-0.25, -0.2) is 8.78 Å². The Morgan fingerprint density at radius 2 is 2.11 bits per heavy atom. The van der Waals surface area contributed by atoms with Crippen molar-refractivity contribution in [3.63, 3.8) is 0 Å². The van der Waals surface area contributed by atoms with Crippen molar-refractivity contribution in [2.24, 2.45) is 0 Å². The van der Waals surface area contributed by atoms with Crippen molar-refractivity contribution in [2.45, 2.75) is 62.8 Å². The number of alkyl halides is 1. The van der Waals surface area contributed by atoms with Crippen LogP contribution in [0.3, 0.4) is 0 Å². The number of phenolic OH excluding ortho intramolecular Hbond substituents is 1. The second-order valence-corrected chi connectivity index (χ2v) is 12.7. The number of hydrogen-bond donors (Lipinski definition) is 2. The van der Waals surface area contributed by atoms with E-state index in [1.165, 1.54) is 12.1 Å². The summed E-state index contributed by atoms with van der Waals surface area (Å²) in [4.78, 5) is 28.0. The predicted octanol–water partition coefficient (Wildman–Crippen LogP) is 4.81.